The molecular formula is C12H17N3S2. The highest BCUT2D eigenvalue weighted by Gasteiger charge is 2.36. The molecule has 0 spiro atoms. The van der Waals surface area contributed by atoms with Crippen molar-refractivity contribution < 1.29 is 0 Å². The molecule has 1 atom stereocenters. The molecule has 2 heterocycles. The van der Waals surface area contributed by atoms with Gasteiger partial charge in [0.05, 0.1) is 12.1 Å². The third-order valence-electron chi connectivity index (χ3n) is 3.21. The second-order valence-corrected chi connectivity index (χ2v) is 7.35. The molecular weight excluding hydrogens is 250 g/mol. The Morgan fingerprint density at radius 3 is 2.88 bits per heavy atom. The summed E-state index contributed by atoms with van der Waals surface area (Å²) < 4.78 is 0. The number of nitrogens with zero attached hydrogens (tertiary/aromatic N) is 2. The Kier molecular flexibility index (Phi) is 2.91. The molecule has 3 rings (SSSR count). The first-order valence-electron chi connectivity index (χ1n) is 6.04. The van der Waals surface area contributed by atoms with Crippen LogP contribution in [0.5, 0.6) is 0 Å². The van der Waals surface area contributed by atoms with E-state index in [-0.39, 0.29) is 5.54 Å². The van der Waals surface area contributed by atoms with Crippen molar-refractivity contribution in [2.45, 2.75) is 37.5 Å². The van der Waals surface area contributed by atoms with E-state index >= 15 is 0 Å². The number of hydrogen-bond donors (Lipinski definition) is 1. The molecule has 1 saturated carbocycles. The van der Waals surface area contributed by atoms with Crippen molar-refractivity contribution in [1.29, 1.82) is 0 Å². The van der Waals surface area contributed by atoms with Gasteiger partial charge in [0.25, 0.3) is 0 Å². The lowest BCUT2D eigenvalue weighted by molar-refractivity contribution is 0.487. The largest absolute Gasteiger partial charge is 0.354 e. The van der Waals surface area contributed by atoms with Crippen molar-refractivity contribution in [3.05, 3.63) is 16.6 Å². The first-order chi connectivity index (χ1) is 8.15. The van der Waals surface area contributed by atoms with Crippen molar-refractivity contribution in [3.63, 3.8) is 0 Å². The molecule has 0 saturated heterocycles. The zero-order valence-corrected chi connectivity index (χ0v) is 11.8. The van der Waals surface area contributed by atoms with Gasteiger partial charge in [-0.2, -0.15) is 0 Å². The van der Waals surface area contributed by atoms with Crippen LogP contribution in [0, 0.1) is 5.92 Å². The van der Waals surface area contributed by atoms with Gasteiger partial charge >= 0.3 is 0 Å². The van der Waals surface area contributed by atoms with Gasteiger partial charge in [0.2, 0.25) is 0 Å². The number of amidine groups is 1. The predicted molar refractivity (Wildman–Crippen MR) is 74.7 cm³/mol. The average Bonchev–Trinajstić information content (AvgIpc) is 2.81. The van der Waals surface area contributed by atoms with E-state index in [1.165, 1.54) is 12.8 Å². The summed E-state index contributed by atoms with van der Waals surface area (Å²) in [5.74, 6) is 0.922. The lowest BCUT2D eigenvalue weighted by Gasteiger charge is -2.24. The van der Waals surface area contributed by atoms with Crippen LogP contribution in [-0.2, 0) is 5.54 Å². The van der Waals surface area contributed by atoms with Gasteiger partial charge in [-0.1, -0.05) is 11.8 Å². The topological polar surface area (TPSA) is 37.3 Å². The fourth-order valence-corrected chi connectivity index (χ4v) is 4.11. The Hall–Kier alpha value is -0.550. The van der Waals surface area contributed by atoms with Crippen LogP contribution in [0.15, 0.2) is 16.6 Å². The van der Waals surface area contributed by atoms with Gasteiger partial charge in [-0.15, -0.1) is 11.3 Å². The monoisotopic (exact) mass is 267 g/mol. The maximum atomic E-state index is 4.62. The fourth-order valence-electron chi connectivity index (χ4n) is 2.03. The summed E-state index contributed by atoms with van der Waals surface area (Å²) in [7, 11) is 0. The minimum atomic E-state index is -0.113. The van der Waals surface area contributed by atoms with Gasteiger partial charge in [-0.3, -0.25) is 4.99 Å². The van der Waals surface area contributed by atoms with Crippen molar-refractivity contribution >= 4 is 28.3 Å². The van der Waals surface area contributed by atoms with Crippen LogP contribution in [0.4, 0.5) is 0 Å². The van der Waals surface area contributed by atoms with Gasteiger partial charge in [0.15, 0.2) is 5.17 Å². The quantitative estimate of drug-likeness (QED) is 0.915. The predicted octanol–water partition coefficient (Wildman–Crippen LogP) is 2.85. The van der Waals surface area contributed by atoms with E-state index in [0.717, 1.165) is 27.9 Å². The SMILES string of the molecule is CC(C)(NC1=NCC(C2CC2)S1)c1nccs1. The molecule has 1 unspecified atom stereocenters. The standard InChI is InChI=1S/C12H17N3S2/c1-12(2,10-13-5-6-16-10)15-11-14-7-9(17-11)8-3-4-8/h5-6,8-9H,3-4,7H2,1-2H3,(H,14,15). The molecule has 1 aliphatic carbocycles. The van der Waals surface area contributed by atoms with Crippen molar-refractivity contribution in [3.8, 4) is 0 Å². The number of rotatable bonds is 3. The molecule has 1 aliphatic heterocycles. The van der Waals surface area contributed by atoms with E-state index in [4.69, 9.17) is 0 Å². The van der Waals surface area contributed by atoms with E-state index in [1.807, 2.05) is 23.3 Å². The van der Waals surface area contributed by atoms with Gasteiger partial charge in [-0.25, -0.2) is 4.98 Å². The van der Waals surface area contributed by atoms with Crippen molar-refractivity contribution in [2.75, 3.05) is 6.54 Å². The molecule has 0 bridgehead atoms. The first kappa shape index (κ1) is 11.5. The zero-order valence-electron chi connectivity index (χ0n) is 10.1. The summed E-state index contributed by atoms with van der Waals surface area (Å²) in [5, 5.41) is 8.50. The van der Waals surface area contributed by atoms with Crippen LogP contribution in [0.1, 0.15) is 31.7 Å². The van der Waals surface area contributed by atoms with Crippen LogP contribution in [-0.4, -0.2) is 21.9 Å². The number of aromatic nitrogens is 1. The van der Waals surface area contributed by atoms with Crippen molar-refractivity contribution in [1.82, 2.24) is 10.3 Å². The number of thioether (sulfide) groups is 1. The molecule has 0 amide bonds. The smallest absolute Gasteiger partial charge is 0.157 e. The molecule has 92 valence electrons. The Balaban J connectivity index is 1.63. The van der Waals surface area contributed by atoms with E-state index in [0.29, 0.717) is 0 Å². The zero-order chi connectivity index (χ0) is 11.9. The normalized spacial score (nSPS) is 24.8. The van der Waals surface area contributed by atoms with Gasteiger partial charge in [-0.05, 0) is 32.6 Å². The molecule has 1 aromatic heterocycles. The second-order valence-electron chi connectivity index (χ2n) is 5.23. The summed E-state index contributed by atoms with van der Waals surface area (Å²) >= 11 is 3.62. The molecule has 5 heteroatoms. The number of thiazole rings is 1. The minimum Gasteiger partial charge on any atom is -0.354 e. The van der Waals surface area contributed by atoms with Crippen LogP contribution in [0.25, 0.3) is 0 Å². The van der Waals surface area contributed by atoms with Gasteiger partial charge in [0.1, 0.15) is 5.01 Å². The van der Waals surface area contributed by atoms with Crippen LogP contribution >= 0.6 is 23.1 Å². The average molecular weight is 267 g/mol. The molecule has 0 radical (unpaired) electrons. The van der Waals surface area contributed by atoms with E-state index in [9.17, 15) is 0 Å². The molecule has 0 aromatic carbocycles. The third-order valence-corrected chi connectivity index (χ3v) is 5.60. The Morgan fingerprint density at radius 1 is 1.41 bits per heavy atom. The Morgan fingerprint density at radius 2 is 2.24 bits per heavy atom. The highest BCUT2D eigenvalue weighted by Crippen LogP contribution is 2.42. The second kappa shape index (κ2) is 4.28. The summed E-state index contributed by atoms with van der Waals surface area (Å²) in [6.07, 6.45) is 4.66. The van der Waals surface area contributed by atoms with Gasteiger partial charge in [0, 0.05) is 16.8 Å². The van der Waals surface area contributed by atoms with E-state index in [1.54, 1.807) is 11.3 Å². The lowest BCUT2D eigenvalue weighted by Crippen LogP contribution is -2.39. The lowest BCUT2D eigenvalue weighted by atomic mass is 10.1. The summed E-state index contributed by atoms with van der Waals surface area (Å²) in [4.78, 5) is 9.01. The maximum absolute atomic E-state index is 4.62. The molecule has 1 N–H and O–H groups in total. The third kappa shape index (κ3) is 2.50. The molecule has 1 aromatic rings. The maximum Gasteiger partial charge on any atom is 0.157 e. The minimum absolute atomic E-state index is 0.113. The van der Waals surface area contributed by atoms with Crippen LogP contribution < -0.4 is 5.32 Å². The molecule has 17 heavy (non-hydrogen) atoms. The highest BCUT2D eigenvalue weighted by molar-refractivity contribution is 8.14. The number of aliphatic imine (C=N–C) groups is 1. The molecule has 2 aliphatic rings. The van der Waals surface area contributed by atoms with Crippen LogP contribution in [0.2, 0.25) is 0 Å². The summed E-state index contributed by atoms with van der Waals surface area (Å²) in [6, 6.07) is 0. The molecule has 1 fully saturated rings. The Bertz CT molecular complexity index is 421. The summed E-state index contributed by atoms with van der Waals surface area (Å²) in [5.41, 5.74) is -0.113. The fraction of sp³-hybridized carbons (Fsp3) is 0.667. The number of hydrogen-bond acceptors (Lipinski definition) is 5. The van der Waals surface area contributed by atoms with E-state index in [2.05, 4.69) is 29.1 Å². The Labute approximate surface area is 110 Å². The first-order valence-corrected chi connectivity index (χ1v) is 7.80. The van der Waals surface area contributed by atoms with Gasteiger partial charge < -0.3 is 5.32 Å². The van der Waals surface area contributed by atoms with Crippen molar-refractivity contribution in [2.24, 2.45) is 10.9 Å². The number of nitrogens with one attached hydrogen (secondary N) is 1. The highest BCUT2D eigenvalue weighted by atomic mass is 32.2. The van der Waals surface area contributed by atoms with Crippen LogP contribution in [0.3, 0.4) is 0 Å². The summed E-state index contributed by atoms with van der Waals surface area (Å²) in [6.45, 7) is 5.32. The molecule has 3 nitrogen and oxygen atoms in total. The van der Waals surface area contributed by atoms with E-state index < -0.39 is 0 Å².